The van der Waals surface area contributed by atoms with Crippen LogP contribution in [0.1, 0.15) is 16.1 Å². The highest BCUT2D eigenvalue weighted by Gasteiger charge is 2.66. The van der Waals surface area contributed by atoms with E-state index in [0.717, 1.165) is 6.42 Å². The molecule has 2 aliphatic carbocycles. The number of ether oxygens (including phenoxy) is 1. The van der Waals surface area contributed by atoms with E-state index in [9.17, 15) is 14.4 Å². The van der Waals surface area contributed by atoms with E-state index in [4.69, 9.17) is 4.74 Å². The molecule has 5 nitrogen and oxygen atoms in total. The maximum absolute atomic E-state index is 13.0. The summed E-state index contributed by atoms with van der Waals surface area (Å²) >= 11 is 8.70. The Labute approximate surface area is 182 Å². The number of anilines is 1. The minimum atomic E-state index is -0.422. The van der Waals surface area contributed by atoms with Gasteiger partial charge in [0, 0.05) is 9.65 Å². The number of hydrogen-bond donors (Lipinski definition) is 0. The van der Waals surface area contributed by atoms with Gasteiger partial charge in [0.2, 0.25) is 11.8 Å². The molecule has 28 heavy (non-hydrogen) atoms. The van der Waals surface area contributed by atoms with Crippen molar-refractivity contribution in [2.75, 3.05) is 4.90 Å². The Kier molecular flexibility index (Phi) is 4.48. The number of imide groups is 1. The lowest BCUT2D eigenvalue weighted by molar-refractivity contribution is -0.123. The van der Waals surface area contributed by atoms with Crippen molar-refractivity contribution in [3.05, 3.63) is 46.7 Å². The Morgan fingerprint density at radius 2 is 1.61 bits per heavy atom. The van der Waals surface area contributed by atoms with Gasteiger partial charge in [0.05, 0.1) is 17.5 Å². The third-order valence-corrected chi connectivity index (χ3v) is 10.1. The van der Waals surface area contributed by atoms with E-state index in [2.05, 4.69) is 31.9 Å². The lowest BCUT2D eigenvalue weighted by Crippen LogP contribution is -2.37. The molecule has 1 aromatic heterocycles. The van der Waals surface area contributed by atoms with Crippen LogP contribution in [0, 0.1) is 23.7 Å². The number of esters is 1. The summed E-state index contributed by atoms with van der Waals surface area (Å²) in [5, 5.41) is 1.81. The van der Waals surface area contributed by atoms with Gasteiger partial charge in [0.25, 0.3) is 0 Å². The molecule has 3 aliphatic rings. The number of thiophene rings is 1. The lowest BCUT2D eigenvalue weighted by atomic mass is 9.81. The van der Waals surface area contributed by atoms with Crippen LogP contribution in [0.4, 0.5) is 5.69 Å². The van der Waals surface area contributed by atoms with Gasteiger partial charge >= 0.3 is 5.97 Å². The van der Waals surface area contributed by atoms with E-state index < -0.39 is 5.97 Å². The quantitative estimate of drug-likeness (QED) is 0.260. The second kappa shape index (κ2) is 6.78. The van der Waals surface area contributed by atoms with Gasteiger partial charge in [-0.05, 0) is 54.0 Å². The molecule has 3 fully saturated rings. The molecule has 1 aromatic carbocycles. The van der Waals surface area contributed by atoms with Gasteiger partial charge in [-0.25, -0.2) is 4.79 Å². The molecule has 1 saturated heterocycles. The zero-order chi connectivity index (χ0) is 19.6. The van der Waals surface area contributed by atoms with Crippen LogP contribution in [0.2, 0.25) is 0 Å². The number of fused-ring (bicyclic) bond motifs is 5. The van der Waals surface area contributed by atoms with Crippen LogP contribution >= 0.6 is 43.2 Å². The molecule has 2 aromatic rings. The van der Waals surface area contributed by atoms with E-state index >= 15 is 0 Å². The Hall–Kier alpha value is -1.51. The third-order valence-electron chi connectivity index (χ3n) is 6.01. The molecule has 6 atom stereocenters. The SMILES string of the molecule is O=C(Oc1ccc(N2C(=O)[C@@H]3[C@H]4C[C@@H]([C@@H](Br)[C@H]4Br)[C@H]3C2=O)cc1)c1cccs1. The third kappa shape index (κ3) is 2.64. The van der Waals surface area contributed by atoms with Crippen LogP contribution in [0.3, 0.4) is 0 Å². The minimum absolute atomic E-state index is 0.116. The summed E-state index contributed by atoms with van der Waals surface area (Å²) in [6.07, 6.45) is 0.907. The first-order chi connectivity index (χ1) is 13.5. The maximum Gasteiger partial charge on any atom is 0.353 e. The van der Waals surface area contributed by atoms with Gasteiger partial charge in [-0.15, -0.1) is 11.3 Å². The average molecular weight is 525 g/mol. The molecule has 2 heterocycles. The second-order valence-electron chi connectivity index (χ2n) is 7.38. The Bertz CT molecular complexity index is 929. The predicted octanol–water partition coefficient (Wildman–Crippen LogP) is 4.25. The molecular formula is C20H15Br2NO4S. The Balaban J connectivity index is 1.36. The molecule has 1 aliphatic heterocycles. The zero-order valence-electron chi connectivity index (χ0n) is 14.5. The molecular weight excluding hydrogens is 510 g/mol. The highest BCUT2D eigenvalue weighted by atomic mass is 79.9. The van der Waals surface area contributed by atoms with Crippen molar-refractivity contribution in [3.8, 4) is 5.75 Å². The van der Waals surface area contributed by atoms with Crippen molar-refractivity contribution in [3.63, 3.8) is 0 Å². The number of hydrogen-bond acceptors (Lipinski definition) is 5. The van der Waals surface area contributed by atoms with Crippen molar-refractivity contribution in [1.82, 2.24) is 0 Å². The first kappa shape index (κ1) is 18.5. The molecule has 2 amide bonds. The van der Waals surface area contributed by atoms with Crippen LogP contribution in [0.25, 0.3) is 0 Å². The molecule has 2 bridgehead atoms. The molecule has 0 radical (unpaired) electrons. The first-order valence-electron chi connectivity index (χ1n) is 8.99. The minimum Gasteiger partial charge on any atom is -0.422 e. The van der Waals surface area contributed by atoms with E-state index in [1.54, 1.807) is 36.4 Å². The highest BCUT2D eigenvalue weighted by molar-refractivity contribution is 9.12. The molecule has 144 valence electrons. The monoisotopic (exact) mass is 523 g/mol. The summed E-state index contributed by atoms with van der Waals surface area (Å²) in [5.74, 6) is -0.390. The van der Waals surface area contributed by atoms with Crippen LogP contribution in [0.15, 0.2) is 41.8 Å². The summed E-state index contributed by atoms with van der Waals surface area (Å²) in [7, 11) is 0. The summed E-state index contributed by atoms with van der Waals surface area (Å²) in [6.45, 7) is 0. The van der Waals surface area contributed by atoms with Crippen LogP contribution in [0.5, 0.6) is 5.75 Å². The Morgan fingerprint density at radius 1 is 1.00 bits per heavy atom. The van der Waals surface area contributed by atoms with Gasteiger partial charge in [-0.3, -0.25) is 14.5 Å². The predicted molar refractivity (Wildman–Crippen MR) is 112 cm³/mol. The zero-order valence-corrected chi connectivity index (χ0v) is 18.4. The number of carbonyl (C=O) groups is 3. The fourth-order valence-electron chi connectivity index (χ4n) is 4.82. The molecule has 0 N–H and O–H groups in total. The number of rotatable bonds is 3. The standard InChI is InChI=1S/C20H15Br2NO4S/c21-16-11-8-12(17(16)22)15-14(11)18(24)23(19(15)25)9-3-5-10(6-4-9)27-20(26)13-2-1-7-28-13/h1-7,11-12,14-17H,8H2/t11-,12-,14-,15-,16-,17+/m1/s1. The number of nitrogens with zero attached hydrogens (tertiary/aromatic N) is 1. The van der Waals surface area contributed by atoms with Crippen LogP contribution < -0.4 is 9.64 Å². The maximum atomic E-state index is 13.0. The normalized spacial score (nSPS) is 33.4. The lowest BCUT2D eigenvalue weighted by Gasteiger charge is -2.28. The molecule has 5 rings (SSSR count). The molecule has 2 saturated carbocycles. The van der Waals surface area contributed by atoms with Crippen molar-refractivity contribution < 1.29 is 19.1 Å². The average Bonchev–Trinajstić information content (AvgIpc) is 3.44. The van der Waals surface area contributed by atoms with Gasteiger partial charge in [-0.1, -0.05) is 37.9 Å². The number of halogens is 2. The van der Waals surface area contributed by atoms with Gasteiger partial charge in [0.1, 0.15) is 10.6 Å². The van der Waals surface area contributed by atoms with Crippen molar-refractivity contribution in [2.24, 2.45) is 23.7 Å². The fraction of sp³-hybridized carbons (Fsp3) is 0.350. The summed E-state index contributed by atoms with van der Waals surface area (Å²) in [6, 6.07) is 10.0. The topological polar surface area (TPSA) is 63.7 Å². The molecule has 8 heteroatoms. The van der Waals surface area contributed by atoms with Crippen molar-refractivity contribution in [2.45, 2.75) is 16.1 Å². The van der Waals surface area contributed by atoms with Gasteiger partial charge in [0.15, 0.2) is 0 Å². The Morgan fingerprint density at radius 3 is 2.14 bits per heavy atom. The molecule has 0 spiro atoms. The summed E-state index contributed by atoms with van der Waals surface area (Å²) in [5.41, 5.74) is 0.525. The first-order valence-corrected chi connectivity index (χ1v) is 11.7. The smallest absolute Gasteiger partial charge is 0.353 e. The molecule has 0 unspecified atom stereocenters. The number of carbonyl (C=O) groups excluding carboxylic acids is 3. The van der Waals surface area contributed by atoms with E-state index in [-0.39, 0.29) is 45.1 Å². The summed E-state index contributed by atoms with van der Waals surface area (Å²) < 4.78 is 5.35. The second-order valence-corrected chi connectivity index (χ2v) is 10.4. The number of benzene rings is 1. The van der Waals surface area contributed by atoms with Crippen molar-refractivity contribution in [1.29, 1.82) is 0 Å². The van der Waals surface area contributed by atoms with E-state index in [1.165, 1.54) is 16.2 Å². The van der Waals surface area contributed by atoms with Crippen molar-refractivity contribution >= 4 is 66.7 Å². The van der Waals surface area contributed by atoms with E-state index in [1.807, 2.05) is 5.38 Å². The highest BCUT2D eigenvalue weighted by Crippen LogP contribution is 2.60. The number of amides is 2. The largest absolute Gasteiger partial charge is 0.422 e. The van der Waals surface area contributed by atoms with Gasteiger partial charge in [-0.2, -0.15) is 0 Å². The van der Waals surface area contributed by atoms with Gasteiger partial charge < -0.3 is 4.74 Å². The van der Waals surface area contributed by atoms with Crippen LogP contribution in [-0.2, 0) is 9.59 Å². The van der Waals surface area contributed by atoms with Crippen LogP contribution in [-0.4, -0.2) is 27.4 Å². The fourth-order valence-corrected chi connectivity index (χ4v) is 7.29. The summed E-state index contributed by atoms with van der Waals surface area (Å²) in [4.78, 5) is 40.4. The van der Waals surface area contributed by atoms with E-state index in [0.29, 0.717) is 16.3 Å². The number of alkyl halides is 2.